The van der Waals surface area contributed by atoms with Crippen molar-refractivity contribution in [3.05, 3.63) is 118 Å². The SMILES string of the molecule is C[C@@H]1CCC[C@H](n2ccc(-c3c(F)ccc(Cl)c3F)cc2=O)c2cc(ccn2)-c2ccc(Nc3ncccn3)cc2NC1=O. The number of halogens is 3. The number of anilines is 3. The van der Waals surface area contributed by atoms with Crippen molar-refractivity contribution in [3.63, 3.8) is 0 Å². The molecule has 1 amide bonds. The first-order valence-corrected chi connectivity index (χ1v) is 14.5. The van der Waals surface area contributed by atoms with Crippen LogP contribution in [0.1, 0.15) is 37.9 Å². The Morgan fingerprint density at radius 2 is 1.75 bits per heavy atom. The van der Waals surface area contributed by atoms with Gasteiger partial charge >= 0.3 is 0 Å². The molecule has 0 fully saturated rings. The van der Waals surface area contributed by atoms with Crippen molar-refractivity contribution >= 4 is 34.8 Å². The first-order valence-electron chi connectivity index (χ1n) is 14.1. The fraction of sp³-hybridized carbons (Fsp3) is 0.182. The van der Waals surface area contributed by atoms with E-state index < -0.39 is 23.2 Å². The third-order valence-electron chi connectivity index (χ3n) is 7.71. The molecule has 44 heavy (non-hydrogen) atoms. The fourth-order valence-electron chi connectivity index (χ4n) is 5.40. The normalized spacial score (nSPS) is 16.7. The van der Waals surface area contributed by atoms with E-state index in [0.29, 0.717) is 42.3 Å². The number of fused-ring (bicyclic) bond motifs is 4. The lowest BCUT2D eigenvalue weighted by molar-refractivity contribution is -0.119. The maximum atomic E-state index is 14.7. The fourth-order valence-corrected chi connectivity index (χ4v) is 5.55. The van der Waals surface area contributed by atoms with E-state index in [1.54, 1.807) is 24.7 Å². The number of aromatic nitrogens is 4. The van der Waals surface area contributed by atoms with Crippen molar-refractivity contribution in [3.8, 4) is 22.3 Å². The Morgan fingerprint density at radius 1 is 0.932 bits per heavy atom. The maximum absolute atomic E-state index is 14.7. The van der Waals surface area contributed by atoms with Gasteiger partial charge in [0.15, 0.2) is 5.82 Å². The van der Waals surface area contributed by atoms with E-state index in [4.69, 9.17) is 11.6 Å². The number of hydrogen-bond donors (Lipinski definition) is 2. The molecule has 1 aliphatic heterocycles. The third kappa shape index (κ3) is 5.93. The van der Waals surface area contributed by atoms with Gasteiger partial charge in [-0.1, -0.05) is 31.0 Å². The van der Waals surface area contributed by atoms with Gasteiger partial charge in [0.1, 0.15) is 5.82 Å². The second kappa shape index (κ2) is 12.3. The Bertz CT molecular complexity index is 1920. The summed E-state index contributed by atoms with van der Waals surface area (Å²) >= 11 is 5.89. The largest absolute Gasteiger partial charge is 0.325 e. The second-order valence-electron chi connectivity index (χ2n) is 10.6. The molecule has 2 N–H and O–H groups in total. The number of nitrogens with zero attached hydrogens (tertiary/aromatic N) is 4. The lowest BCUT2D eigenvalue weighted by atomic mass is 9.95. The summed E-state index contributed by atoms with van der Waals surface area (Å²) in [5.41, 5.74) is 2.78. The average molecular weight is 613 g/mol. The van der Waals surface area contributed by atoms with Crippen LogP contribution in [0, 0.1) is 17.6 Å². The molecule has 2 bridgehead atoms. The van der Waals surface area contributed by atoms with Crippen molar-refractivity contribution in [2.45, 2.75) is 32.2 Å². The van der Waals surface area contributed by atoms with Gasteiger partial charge in [0.2, 0.25) is 11.9 Å². The van der Waals surface area contributed by atoms with Crippen LogP contribution in [0.3, 0.4) is 0 Å². The minimum Gasteiger partial charge on any atom is -0.325 e. The Morgan fingerprint density at radius 3 is 2.55 bits per heavy atom. The molecule has 222 valence electrons. The van der Waals surface area contributed by atoms with E-state index in [9.17, 15) is 18.4 Å². The predicted molar refractivity (Wildman–Crippen MR) is 166 cm³/mol. The van der Waals surface area contributed by atoms with Crippen molar-refractivity contribution in [1.29, 1.82) is 0 Å². The molecule has 0 saturated carbocycles. The molecule has 2 aromatic carbocycles. The number of hydrogen-bond acceptors (Lipinski definition) is 6. The van der Waals surface area contributed by atoms with Crippen molar-refractivity contribution in [2.75, 3.05) is 10.6 Å². The van der Waals surface area contributed by atoms with E-state index in [1.807, 2.05) is 37.3 Å². The van der Waals surface area contributed by atoms with E-state index in [2.05, 4.69) is 25.6 Å². The van der Waals surface area contributed by atoms with Crippen molar-refractivity contribution < 1.29 is 13.6 Å². The lowest BCUT2D eigenvalue weighted by Gasteiger charge is -2.23. The molecule has 6 rings (SSSR count). The van der Waals surface area contributed by atoms with Crippen LogP contribution in [0.25, 0.3) is 22.3 Å². The van der Waals surface area contributed by atoms with E-state index in [0.717, 1.165) is 23.3 Å². The highest BCUT2D eigenvalue weighted by Crippen LogP contribution is 2.35. The molecule has 0 aliphatic carbocycles. The summed E-state index contributed by atoms with van der Waals surface area (Å²) in [7, 11) is 0. The summed E-state index contributed by atoms with van der Waals surface area (Å²) < 4.78 is 30.8. The molecule has 0 unspecified atom stereocenters. The highest BCUT2D eigenvalue weighted by molar-refractivity contribution is 6.31. The highest BCUT2D eigenvalue weighted by atomic mass is 35.5. The van der Waals surface area contributed by atoms with Gasteiger partial charge in [-0.05, 0) is 72.5 Å². The molecule has 0 saturated heterocycles. The lowest BCUT2D eigenvalue weighted by Crippen LogP contribution is -2.26. The maximum Gasteiger partial charge on any atom is 0.251 e. The molecule has 1 aliphatic rings. The minimum absolute atomic E-state index is 0.0863. The van der Waals surface area contributed by atoms with Crippen LogP contribution in [-0.4, -0.2) is 25.4 Å². The van der Waals surface area contributed by atoms with Gasteiger partial charge in [0.05, 0.1) is 28.0 Å². The number of carbonyl (C=O) groups excluding carboxylic acids is 1. The number of nitrogens with one attached hydrogen (secondary N) is 2. The quantitative estimate of drug-likeness (QED) is 0.205. The zero-order valence-electron chi connectivity index (χ0n) is 23.6. The zero-order valence-corrected chi connectivity index (χ0v) is 24.4. The predicted octanol–water partition coefficient (Wildman–Crippen LogP) is 7.39. The number of pyridine rings is 2. The Balaban J connectivity index is 1.41. The number of rotatable bonds is 4. The molecule has 8 nitrogen and oxygen atoms in total. The summed E-state index contributed by atoms with van der Waals surface area (Å²) in [6.07, 6.45) is 8.16. The van der Waals surface area contributed by atoms with E-state index in [1.165, 1.54) is 22.9 Å². The average Bonchev–Trinajstić information content (AvgIpc) is 3.02. The molecule has 11 heteroatoms. The topological polar surface area (TPSA) is 102 Å². The summed E-state index contributed by atoms with van der Waals surface area (Å²) in [4.78, 5) is 39.8. The minimum atomic E-state index is -0.926. The van der Waals surface area contributed by atoms with Crippen LogP contribution < -0.4 is 16.2 Å². The molecular formula is C33H27ClF2N6O2. The summed E-state index contributed by atoms with van der Waals surface area (Å²) in [5.74, 6) is -1.75. The van der Waals surface area contributed by atoms with Gasteiger partial charge in [-0.3, -0.25) is 14.6 Å². The summed E-state index contributed by atoms with van der Waals surface area (Å²) in [5, 5.41) is 6.00. The van der Waals surface area contributed by atoms with Gasteiger partial charge < -0.3 is 15.2 Å². The van der Waals surface area contributed by atoms with Crippen LogP contribution in [-0.2, 0) is 4.79 Å². The molecule has 0 radical (unpaired) electrons. The Labute approximate surface area is 256 Å². The molecule has 3 aromatic heterocycles. The zero-order chi connectivity index (χ0) is 30.8. The summed E-state index contributed by atoms with van der Waals surface area (Å²) in [6, 6.07) is 15.5. The van der Waals surface area contributed by atoms with Gasteiger partial charge in [0, 0.05) is 48.0 Å². The van der Waals surface area contributed by atoms with E-state index >= 15 is 0 Å². The first kappa shape index (κ1) is 29.1. The highest BCUT2D eigenvalue weighted by Gasteiger charge is 2.23. The third-order valence-corrected chi connectivity index (χ3v) is 8.00. The van der Waals surface area contributed by atoms with Crippen molar-refractivity contribution in [1.82, 2.24) is 19.5 Å². The van der Waals surface area contributed by atoms with Crippen molar-refractivity contribution in [2.24, 2.45) is 5.92 Å². The van der Waals surface area contributed by atoms with Crippen LogP contribution >= 0.6 is 11.6 Å². The summed E-state index contributed by atoms with van der Waals surface area (Å²) in [6.45, 7) is 1.86. The second-order valence-corrected chi connectivity index (χ2v) is 11.1. The Hall–Kier alpha value is -4.96. The van der Waals surface area contributed by atoms with Crippen LogP contribution in [0.4, 0.5) is 26.1 Å². The molecular weight excluding hydrogens is 586 g/mol. The van der Waals surface area contributed by atoms with Gasteiger partial charge in [0.25, 0.3) is 5.56 Å². The number of benzene rings is 2. The monoisotopic (exact) mass is 612 g/mol. The van der Waals surface area contributed by atoms with Crippen LogP contribution in [0.5, 0.6) is 0 Å². The van der Waals surface area contributed by atoms with Crippen LogP contribution in [0.15, 0.2) is 90.2 Å². The standard InChI is InChI=1S/C33H27ClF2N6O2/c1-19-4-2-5-28(42-15-11-21(17-29(42)43)30-25(35)9-8-24(34)31(30)36)27-16-20(10-14-37-27)23-7-6-22(18-26(23)41-32(19)44)40-33-38-12-3-13-39-33/h3,6-19,28H,2,4-5H2,1H3,(H,41,44)(H,38,39,40)/t19-,28+/m1/s1. The van der Waals surface area contributed by atoms with Gasteiger partial charge in [-0.15, -0.1) is 0 Å². The molecule has 2 atom stereocenters. The smallest absolute Gasteiger partial charge is 0.251 e. The number of carbonyl (C=O) groups is 1. The van der Waals surface area contributed by atoms with E-state index in [-0.39, 0.29) is 28.0 Å². The molecule has 0 spiro atoms. The van der Waals surface area contributed by atoms with Gasteiger partial charge in [-0.25, -0.2) is 18.7 Å². The molecule has 4 heterocycles. The van der Waals surface area contributed by atoms with Crippen LogP contribution in [0.2, 0.25) is 5.02 Å². The van der Waals surface area contributed by atoms with Gasteiger partial charge in [-0.2, -0.15) is 0 Å². The Kier molecular flexibility index (Phi) is 8.17. The molecule has 5 aromatic rings. The number of amides is 1. The first-order chi connectivity index (χ1) is 21.3.